The molecule has 1 aromatic heterocycles. The summed E-state index contributed by atoms with van der Waals surface area (Å²) >= 11 is 1.93. The third-order valence-electron chi connectivity index (χ3n) is 4.82. The minimum atomic E-state index is -0.0634. The molecule has 1 atom stereocenters. The van der Waals surface area contributed by atoms with Gasteiger partial charge < -0.3 is 10.1 Å². The van der Waals surface area contributed by atoms with Crippen LogP contribution in [0.25, 0.3) is 0 Å². The van der Waals surface area contributed by atoms with Crippen LogP contribution in [-0.2, 0) is 16.8 Å². The van der Waals surface area contributed by atoms with Gasteiger partial charge in [-0.2, -0.15) is 0 Å². The summed E-state index contributed by atoms with van der Waals surface area (Å²) < 4.78 is 6.20. The van der Waals surface area contributed by atoms with Crippen molar-refractivity contribution in [2.45, 2.75) is 76.9 Å². The lowest BCUT2D eigenvalue weighted by atomic mass is 9.97. The first-order valence-electron chi connectivity index (χ1n) is 8.66. The predicted octanol–water partition coefficient (Wildman–Crippen LogP) is 4.33. The van der Waals surface area contributed by atoms with Gasteiger partial charge in [-0.1, -0.05) is 19.8 Å². The fraction of sp³-hybridized carbons (Fsp3) is 0.824. The molecular formula is C17H28N2OS. The van der Waals surface area contributed by atoms with Gasteiger partial charge in [-0.25, -0.2) is 4.98 Å². The second-order valence-electron chi connectivity index (χ2n) is 6.36. The van der Waals surface area contributed by atoms with Crippen LogP contribution in [0.5, 0.6) is 0 Å². The molecule has 0 aromatic carbocycles. The van der Waals surface area contributed by atoms with Gasteiger partial charge in [0.2, 0.25) is 0 Å². The number of ether oxygens (including phenoxy) is 1. The molecule has 1 saturated carbocycles. The second-order valence-corrected chi connectivity index (χ2v) is 7.44. The van der Waals surface area contributed by atoms with Gasteiger partial charge in [0, 0.05) is 11.5 Å². The lowest BCUT2D eigenvalue weighted by Gasteiger charge is -2.26. The maximum Gasteiger partial charge on any atom is 0.125 e. The summed E-state index contributed by atoms with van der Waals surface area (Å²) in [6.07, 6.45) is 9.78. The van der Waals surface area contributed by atoms with Gasteiger partial charge in [-0.15, -0.1) is 11.3 Å². The molecule has 0 spiro atoms. The smallest absolute Gasteiger partial charge is 0.125 e. The van der Waals surface area contributed by atoms with Crippen LogP contribution in [-0.4, -0.2) is 18.1 Å². The molecule has 2 aliphatic carbocycles. The minimum Gasteiger partial charge on any atom is -0.368 e. The fourth-order valence-electron chi connectivity index (χ4n) is 3.77. The highest BCUT2D eigenvalue weighted by molar-refractivity contribution is 7.11. The molecule has 1 N–H and O–H groups in total. The molecule has 3 nitrogen and oxygen atoms in total. The Kier molecular flexibility index (Phi) is 4.97. The molecule has 0 radical (unpaired) electrons. The maximum atomic E-state index is 6.20. The average Bonchev–Trinajstić information content (AvgIpc) is 3.12. The number of rotatable bonds is 6. The van der Waals surface area contributed by atoms with Crippen molar-refractivity contribution < 1.29 is 4.74 Å². The molecule has 1 fully saturated rings. The quantitative estimate of drug-likeness (QED) is 0.849. The van der Waals surface area contributed by atoms with Gasteiger partial charge in [0.1, 0.15) is 10.6 Å². The molecule has 2 aliphatic rings. The van der Waals surface area contributed by atoms with Crippen LogP contribution in [0.3, 0.4) is 0 Å². The number of aryl methyl sites for hydroxylation is 1. The third kappa shape index (κ3) is 3.03. The first-order valence-corrected chi connectivity index (χ1v) is 9.48. The van der Waals surface area contributed by atoms with Gasteiger partial charge in [0.25, 0.3) is 0 Å². The van der Waals surface area contributed by atoms with Crippen molar-refractivity contribution >= 4 is 11.3 Å². The lowest BCUT2D eigenvalue weighted by Crippen LogP contribution is -2.27. The Labute approximate surface area is 132 Å². The molecule has 21 heavy (non-hydrogen) atoms. The van der Waals surface area contributed by atoms with E-state index in [4.69, 9.17) is 9.72 Å². The Morgan fingerprint density at radius 2 is 2.10 bits per heavy atom. The first kappa shape index (κ1) is 15.4. The number of nitrogens with one attached hydrogen (secondary N) is 1. The van der Waals surface area contributed by atoms with E-state index >= 15 is 0 Å². The van der Waals surface area contributed by atoms with E-state index < -0.39 is 0 Å². The Morgan fingerprint density at radius 3 is 2.81 bits per heavy atom. The van der Waals surface area contributed by atoms with Gasteiger partial charge in [0.15, 0.2) is 0 Å². The molecular weight excluding hydrogens is 280 g/mol. The van der Waals surface area contributed by atoms with E-state index in [0.29, 0.717) is 6.04 Å². The second kappa shape index (κ2) is 6.76. The van der Waals surface area contributed by atoms with E-state index in [1.165, 1.54) is 54.1 Å². The van der Waals surface area contributed by atoms with Crippen LogP contribution in [0.1, 0.15) is 80.4 Å². The molecule has 1 unspecified atom stereocenters. The molecule has 0 saturated heterocycles. The maximum absolute atomic E-state index is 6.20. The zero-order valence-electron chi connectivity index (χ0n) is 13.4. The molecule has 3 rings (SSSR count). The minimum absolute atomic E-state index is 0.0634. The molecule has 0 amide bonds. The van der Waals surface area contributed by atoms with E-state index in [-0.39, 0.29) is 5.60 Å². The van der Waals surface area contributed by atoms with Crippen molar-refractivity contribution in [1.82, 2.24) is 10.3 Å². The monoisotopic (exact) mass is 308 g/mol. The number of nitrogens with zero attached hydrogens (tertiary/aromatic N) is 1. The highest BCUT2D eigenvalue weighted by Crippen LogP contribution is 2.46. The summed E-state index contributed by atoms with van der Waals surface area (Å²) in [5.41, 5.74) is 1.27. The summed E-state index contributed by atoms with van der Waals surface area (Å²) in [5, 5.41) is 4.94. The molecule has 4 heteroatoms. The van der Waals surface area contributed by atoms with Crippen molar-refractivity contribution in [3.05, 3.63) is 15.6 Å². The normalized spacial score (nSPS) is 24.2. The Bertz CT molecular complexity index is 465. The van der Waals surface area contributed by atoms with Gasteiger partial charge in [-0.3, -0.25) is 0 Å². The summed E-state index contributed by atoms with van der Waals surface area (Å²) in [7, 11) is 0. The largest absolute Gasteiger partial charge is 0.368 e. The summed E-state index contributed by atoms with van der Waals surface area (Å²) in [4.78, 5) is 6.60. The fourth-order valence-corrected chi connectivity index (χ4v) is 5.14. The molecule has 1 heterocycles. The Morgan fingerprint density at radius 1 is 1.29 bits per heavy atom. The van der Waals surface area contributed by atoms with Gasteiger partial charge >= 0.3 is 0 Å². The Hall–Kier alpha value is -0.450. The molecule has 0 aliphatic heterocycles. The van der Waals surface area contributed by atoms with Crippen LogP contribution in [0.15, 0.2) is 0 Å². The third-order valence-corrected chi connectivity index (χ3v) is 6.13. The predicted molar refractivity (Wildman–Crippen MR) is 87.9 cm³/mol. The average molecular weight is 308 g/mol. The standard InChI is InChI=1S/C17H28N2OS/c1-3-12-18-13-8-7-9-14-15(13)19-16(21-14)17(20-4-2)10-5-6-11-17/h13,18H,3-12H2,1-2H3. The number of hydrogen-bond acceptors (Lipinski definition) is 4. The summed E-state index contributed by atoms with van der Waals surface area (Å²) in [6, 6.07) is 0.471. The van der Waals surface area contributed by atoms with E-state index in [1.807, 2.05) is 11.3 Å². The highest BCUT2D eigenvalue weighted by atomic mass is 32.1. The summed E-state index contributed by atoms with van der Waals surface area (Å²) in [5.74, 6) is 0. The van der Waals surface area contributed by atoms with Gasteiger partial charge in [0.05, 0.1) is 11.7 Å². The highest BCUT2D eigenvalue weighted by Gasteiger charge is 2.40. The van der Waals surface area contributed by atoms with Crippen molar-refractivity contribution in [2.75, 3.05) is 13.2 Å². The topological polar surface area (TPSA) is 34.1 Å². The van der Waals surface area contributed by atoms with Crippen molar-refractivity contribution in [1.29, 1.82) is 0 Å². The zero-order chi connectivity index (χ0) is 14.7. The van der Waals surface area contributed by atoms with Crippen LogP contribution in [0.4, 0.5) is 0 Å². The van der Waals surface area contributed by atoms with Crippen LogP contribution in [0.2, 0.25) is 0 Å². The van der Waals surface area contributed by atoms with Gasteiger partial charge in [-0.05, 0) is 52.0 Å². The SMILES string of the molecule is CCCNC1CCCc2sc(C3(OCC)CCCC3)nc21. The van der Waals surface area contributed by atoms with E-state index in [0.717, 1.165) is 26.0 Å². The van der Waals surface area contributed by atoms with Crippen molar-refractivity contribution in [3.8, 4) is 0 Å². The summed E-state index contributed by atoms with van der Waals surface area (Å²) in [6.45, 7) is 6.22. The van der Waals surface area contributed by atoms with Crippen LogP contribution >= 0.6 is 11.3 Å². The van der Waals surface area contributed by atoms with Crippen LogP contribution in [0, 0.1) is 0 Å². The lowest BCUT2D eigenvalue weighted by molar-refractivity contribution is -0.0392. The number of hydrogen-bond donors (Lipinski definition) is 1. The van der Waals surface area contributed by atoms with E-state index in [9.17, 15) is 0 Å². The zero-order valence-corrected chi connectivity index (χ0v) is 14.2. The number of thiazole rings is 1. The molecule has 118 valence electrons. The number of aromatic nitrogens is 1. The Balaban J connectivity index is 1.86. The number of fused-ring (bicyclic) bond motifs is 1. The van der Waals surface area contributed by atoms with Crippen molar-refractivity contribution in [3.63, 3.8) is 0 Å². The molecule has 0 bridgehead atoms. The van der Waals surface area contributed by atoms with E-state index in [2.05, 4.69) is 19.2 Å². The van der Waals surface area contributed by atoms with Crippen molar-refractivity contribution in [2.24, 2.45) is 0 Å². The molecule has 1 aromatic rings. The van der Waals surface area contributed by atoms with Crippen LogP contribution < -0.4 is 5.32 Å². The van der Waals surface area contributed by atoms with E-state index in [1.54, 1.807) is 0 Å². The first-order chi connectivity index (χ1) is 10.3.